The Balaban J connectivity index is 1.48. The monoisotopic (exact) mass is 398 g/mol. The van der Waals surface area contributed by atoms with Gasteiger partial charge in [-0.05, 0) is 37.8 Å². The lowest BCUT2D eigenvalue weighted by Gasteiger charge is -2.39. The van der Waals surface area contributed by atoms with Gasteiger partial charge in [0.05, 0.1) is 30.6 Å². The van der Waals surface area contributed by atoms with E-state index in [-0.39, 0.29) is 5.70 Å². The van der Waals surface area contributed by atoms with E-state index in [0.29, 0.717) is 23.9 Å². The van der Waals surface area contributed by atoms with E-state index >= 15 is 0 Å². The average Bonchev–Trinajstić information content (AvgIpc) is 2.79. The highest BCUT2D eigenvalue weighted by atomic mass is 19.1. The summed E-state index contributed by atoms with van der Waals surface area (Å²) < 4.78 is 19.2. The summed E-state index contributed by atoms with van der Waals surface area (Å²) in [7, 11) is 0. The van der Waals surface area contributed by atoms with Crippen molar-refractivity contribution in [3.8, 4) is 0 Å². The van der Waals surface area contributed by atoms with Gasteiger partial charge in [0, 0.05) is 36.1 Å². The number of hydrogen-bond acceptors (Lipinski definition) is 7. The average molecular weight is 398 g/mol. The van der Waals surface area contributed by atoms with Crippen molar-refractivity contribution >= 4 is 28.6 Å². The van der Waals surface area contributed by atoms with Crippen LogP contribution in [0.4, 0.5) is 10.2 Å². The summed E-state index contributed by atoms with van der Waals surface area (Å²) in [4.78, 5) is 11.3. The van der Waals surface area contributed by atoms with Gasteiger partial charge in [-0.1, -0.05) is 6.07 Å². The number of nitrogens with one attached hydrogen (secondary N) is 2. The molecule has 4 N–H and O–H groups in total. The van der Waals surface area contributed by atoms with Crippen LogP contribution in [0.25, 0.3) is 16.6 Å². The van der Waals surface area contributed by atoms with Gasteiger partial charge in [0.25, 0.3) is 0 Å². The highest BCUT2D eigenvalue weighted by molar-refractivity contribution is 5.93. The predicted molar refractivity (Wildman–Crippen MR) is 113 cm³/mol. The zero-order chi connectivity index (χ0) is 20.2. The summed E-state index contributed by atoms with van der Waals surface area (Å²) in [5.41, 5.74) is 7.08. The molecule has 1 saturated carbocycles. The van der Waals surface area contributed by atoms with E-state index in [4.69, 9.17) is 15.9 Å². The van der Waals surface area contributed by atoms with Crippen LogP contribution in [0.2, 0.25) is 0 Å². The van der Waals surface area contributed by atoms with E-state index in [1.807, 2.05) is 0 Å². The van der Waals surface area contributed by atoms with E-state index in [1.54, 1.807) is 24.5 Å². The Morgan fingerprint density at radius 1 is 1.21 bits per heavy atom. The number of nitrogens with two attached hydrogens (primary N) is 1. The molecule has 154 valence electrons. The molecule has 0 bridgehead atoms. The number of ether oxygens (including phenoxy) is 1. The lowest BCUT2D eigenvalue weighted by Crippen LogP contribution is -2.46. The fourth-order valence-corrected chi connectivity index (χ4v) is 4.28. The topological polar surface area (TPSA) is 100 Å². The van der Waals surface area contributed by atoms with E-state index < -0.39 is 5.83 Å². The Kier molecular flexibility index (Phi) is 6.01. The highest BCUT2D eigenvalue weighted by Gasteiger charge is 2.27. The summed E-state index contributed by atoms with van der Waals surface area (Å²) in [5, 5.41) is 11.4. The second kappa shape index (κ2) is 8.84. The number of anilines is 1. The molecule has 2 aliphatic rings. The third kappa shape index (κ3) is 4.38. The van der Waals surface area contributed by atoms with Gasteiger partial charge in [-0.15, -0.1) is 0 Å². The Morgan fingerprint density at radius 2 is 1.97 bits per heavy atom. The first kappa shape index (κ1) is 19.7. The molecule has 4 rings (SSSR count). The number of rotatable bonds is 5. The van der Waals surface area contributed by atoms with E-state index in [0.717, 1.165) is 68.7 Å². The lowest BCUT2D eigenvalue weighted by molar-refractivity contribution is 0.00791. The highest BCUT2D eigenvalue weighted by Crippen LogP contribution is 2.29. The molecule has 1 aromatic carbocycles. The zero-order valence-electron chi connectivity index (χ0n) is 16.4. The summed E-state index contributed by atoms with van der Waals surface area (Å²) in [6.07, 6.45) is 6.64. The number of aromatic nitrogens is 2. The van der Waals surface area contributed by atoms with Crippen LogP contribution in [-0.2, 0) is 4.74 Å². The van der Waals surface area contributed by atoms with Crippen LogP contribution in [0.15, 0.2) is 30.4 Å². The molecule has 29 heavy (non-hydrogen) atoms. The molecular weight excluding hydrogens is 371 g/mol. The Morgan fingerprint density at radius 3 is 2.69 bits per heavy atom. The van der Waals surface area contributed by atoms with Gasteiger partial charge in [-0.3, -0.25) is 4.90 Å². The largest absolute Gasteiger partial charge is 0.396 e. The van der Waals surface area contributed by atoms with Gasteiger partial charge in [-0.25, -0.2) is 14.4 Å². The Hall–Kier alpha value is -2.58. The second-order valence-electron chi connectivity index (χ2n) is 7.66. The van der Waals surface area contributed by atoms with Crippen LogP contribution in [0.5, 0.6) is 0 Å². The molecule has 0 unspecified atom stereocenters. The Bertz CT molecular complexity index is 903. The quantitative estimate of drug-likeness (QED) is 0.670. The first-order valence-corrected chi connectivity index (χ1v) is 10.1. The van der Waals surface area contributed by atoms with Gasteiger partial charge in [0.1, 0.15) is 12.1 Å². The van der Waals surface area contributed by atoms with Crippen LogP contribution >= 0.6 is 0 Å². The first-order valence-electron chi connectivity index (χ1n) is 10.1. The van der Waals surface area contributed by atoms with Crippen LogP contribution in [0.3, 0.4) is 0 Å². The smallest absolute Gasteiger partial charge is 0.164 e. The van der Waals surface area contributed by atoms with Crippen molar-refractivity contribution in [1.29, 1.82) is 5.41 Å². The summed E-state index contributed by atoms with van der Waals surface area (Å²) in [5.74, 6) is -0.00752. The Labute approximate surface area is 169 Å². The number of halogens is 1. The molecule has 7 nitrogen and oxygen atoms in total. The van der Waals surface area contributed by atoms with Gasteiger partial charge in [0.15, 0.2) is 5.83 Å². The van der Waals surface area contributed by atoms with Gasteiger partial charge >= 0.3 is 0 Å². The number of nitrogens with zero attached hydrogens (tertiary/aromatic N) is 3. The number of fused-ring (bicyclic) bond motifs is 1. The fraction of sp³-hybridized carbons (Fsp3) is 0.476. The summed E-state index contributed by atoms with van der Waals surface area (Å²) >= 11 is 0. The standard InChI is InChI=1S/C21H27FN6O/c22-18(12-23)20(24)14-1-6-19-17(11-14)21(26-13-25-19)27-15-2-4-16(5-3-15)28-7-9-29-10-8-28/h1,6,11-13,15-16,23H,2-5,7-10,24H2,(H,25,26,27). The van der Waals surface area contributed by atoms with Gasteiger partial charge < -0.3 is 21.2 Å². The van der Waals surface area contributed by atoms with Crippen molar-refractivity contribution in [2.75, 3.05) is 31.6 Å². The van der Waals surface area contributed by atoms with E-state index in [2.05, 4.69) is 20.2 Å². The molecule has 8 heteroatoms. The molecule has 1 aliphatic carbocycles. The lowest BCUT2D eigenvalue weighted by atomic mass is 9.90. The number of hydrogen-bond donors (Lipinski definition) is 3. The minimum Gasteiger partial charge on any atom is -0.396 e. The first-order chi connectivity index (χ1) is 14.2. The van der Waals surface area contributed by atoms with Crippen molar-refractivity contribution < 1.29 is 9.13 Å². The number of allylic oxidation sites excluding steroid dienone is 1. The molecule has 0 amide bonds. The van der Waals surface area contributed by atoms with Crippen LogP contribution in [-0.4, -0.2) is 59.5 Å². The summed E-state index contributed by atoms with van der Waals surface area (Å²) in [6, 6.07) is 6.29. The van der Waals surface area contributed by atoms with Gasteiger partial charge in [0.2, 0.25) is 0 Å². The number of morpholine rings is 1. The molecule has 2 heterocycles. The molecule has 0 radical (unpaired) electrons. The maximum absolute atomic E-state index is 13.7. The predicted octanol–water partition coefficient (Wildman–Crippen LogP) is 2.93. The number of benzene rings is 1. The second-order valence-corrected chi connectivity index (χ2v) is 7.66. The van der Waals surface area contributed by atoms with E-state index in [1.165, 1.54) is 0 Å². The zero-order valence-corrected chi connectivity index (χ0v) is 16.4. The van der Waals surface area contributed by atoms with Crippen molar-refractivity contribution in [3.05, 3.63) is 35.9 Å². The van der Waals surface area contributed by atoms with Crippen LogP contribution in [0.1, 0.15) is 31.2 Å². The minimum absolute atomic E-state index is 0.0530. The van der Waals surface area contributed by atoms with Crippen molar-refractivity contribution in [2.24, 2.45) is 5.73 Å². The van der Waals surface area contributed by atoms with Crippen molar-refractivity contribution in [2.45, 2.75) is 37.8 Å². The molecule has 1 aromatic heterocycles. The SMILES string of the molecule is N=CC(F)=C(N)c1ccc2ncnc(NC3CCC(N4CCOCC4)CC3)c2c1. The summed E-state index contributed by atoms with van der Waals surface area (Å²) in [6.45, 7) is 3.74. The normalized spacial score (nSPS) is 24.2. The molecule has 2 fully saturated rings. The third-order valence-electron chi connectivity index (χ3n) is 5.93. The molecule has 0 spiro atoms. The van der Waals surface area contributed by atoms with Gasteiger partial charge in [-0.2, -0.15) is 0 Å². The maximum atomic E-state index is 13.7. The van der Waals surface area contributed by atoms with Crippen LogP contribution in [0, 0.1) is 5.41 Å². The van der Waals surface area contributed by atoms with E-state index in [9.17, 15) is 4.39 Å². The van der Waals surface area contributed by atoms with Crippen molar-refractivity contribution in [3.63, 3.8) is 0 Å². The molecular formula is C21H27FN6O. The third-order valence-corrected chi connectivity index (χ3v) is 5.93. The molecule has 1 saturated heterocycles. The fourth-order valence-electron chi connectivity index (χ4n) is 4.28. The maximum Gasteiger partial charge on any atom is 0.164 e. The minimum atomic E-state index is -0.753. The molecule has 0 atom stereocenters. The molecule has 1 aliphatic heterocycles. The van der Waals surface area contributed by atoms with Crippen LogP contribution < -0.4 is 11.1 Å². The molecule has 2 aromatic rings. The van der Waals surface area contributed by atoms with Crippen molar-refractivity contribution in [1.82, 2.24) is 14.9 Å².